The molecule has 0 saturated carbocycles. The topological polar surface area (TPSA) is 87.0 Å². The largest absolute Gasteiger partial charge is 0.454 e. The van der Waals surface area contributed by atoms with Gasteiger partial charge in [0, 0.05) is 29.8 Å². The van der Waals surface area contributed by atoms with E-state index in [-0.39, 0.29) is 33.5 Å². The van der Waals surface area contributed by atoms with Crippen LogP contribution >= 0.6 is 0 Å². The summed E-state index contributed by atoms with van der Waals surface area (Å²) in [7, 11) is 1.35. The molecule has 34 heavy (non-hydrogen) atoms. The highest BCUT2D eigenvalue weighted by Gasteiger charge is 2.32. The first kappa shape index (κ1) is 23.0. The minimum Gasteiger partial charge on any atom is -0.454 e. The second-order valence-electron chi connectivity index (χ2n) is 7.39. The molecule has 0 aliphatic heterocycles. The third-order valence-electron chi connectivity index (χ3n) is 5.15. The second kappa shape index (κ2) is 8.32. The Morgan fingerprint density at radius 1 is 1.00 bits per heavy atom. The summed E-state index contributed by atoms with van der Waals surface area (Å²) in [5, 5.41) is 2.64. The molecule has 2 aromatic heterocycles. The van der Waals surface area contributed by atoms with Gasteiger partial charge in [-0.1, -0.05) is 0 Å². The van der Waals surface area contributed by atoms with Gasteiger partial charge in [0.15, 0.2) is 11.6 Å². The lowest BCUT2D eigenvalue weighted by Crippen LogP contribution is -2.22. The van der Waals surface area contributed by atoms with Gasteiger partial charge in [-0.15, -0.1) is 0 Å². The number of halogens is 5. The fourth-order valence-electron chi connectivity index (χ4n) is 3.58. The highest BCUT2D eigenvalue weighted by Crippen LogP contribution is 2.41. The number of hydrogen-bond donors (Lipinski definition) is 3. The molecular weight excluding hydrogens is 461 g/mol. The van der Waals surface area contributed by atoms with Crippen molar-refractivity contribution in [2.24, 2.45) is 0 Å². The maximum Gasteiger partial charge on any atom is 0.416 e. The van der Waals surface area contributed by atoms with Crippen molar-refractivity contribution in [2.45, 2.75) is 13.1 Å². The molecule has 0 aliphatic rings. The molecule has 176 valence electrons. The molecule has 4 aromatic rings. The number of pyridine rings is 1. The van der Waals surface area contributed by atoms with Gasteiger partial charge in [-0.2, -0.15) is 13.2 Å². The summed E-state index contributed by atoms with van der Waals surface area (Å²) in [6.07, 6.45) is -4.71. The van der Waals surface area contributed by atoms with Gasteiger partial charge in [-0.25, -0.2) is 8.78 Å². The molecule has 11 heteroatoms. The number of amides is 1. The van der Waals surface area contributed by atoms with Crippen molar-refractivity contribution < 1.29 is 31.5 Å². The lowest BCUT2D eigenvalue weighted by atomic mass is 10.0. The molecule has 2 aromatic carbocycles. The first-order valence-electron chi connectivity index (χ1n) is 9.81. The zero-order valence-corrected chi connectivity index (χ0v) is 17.7. The highest BCUT2D eigenvalue weighted by atomic mass is 19.4. The Balaban J connectivity index is 1.99. The lowest BCUT2D eigenvalue weighted by Gasteiger charge is -2.15. The van der Waals surface area contributed by atoms with Crippen LogP contribution in [0.3, 0.4) is 0 Å². The maximum atomic E-state index is 14.2. The monoisotopic (exact) mass is 477 g/mol. The van der Waals surface area contributed by atoms with Gasteiger partial charge in [0.05, 0.1) is 16.6 Å². The van der Waals surface area contributed by atoms with Crippen molar-refractivity contribution in [1.82, 2.24) is 15.3 Å². The van der Waals surface area contributed by atoms with Crippen molar-refractivity contribution in [3.8, 4) is 22.8 Å². The molecule has 0 bridgehead atoms. The highest BCUT2D eigenvalue weighted by molar-refractivity contribution is 6.03. The number of alkyl halides is 3. The van der Waals surface area contributed by atoms with E-state index in [1.165, 1.54) is 20.0 Å². The van der Waals surface area contributed by atoms with Gasteiger partial charge in [0.2, 0.25) is 0 Å². The number of ether oxygens (including phenoxy) is 1. The number of aromatic amines is 2. The molecule has 0 radical (unpaired) electrons. The first-order chi connectivity index (χ1) is 16.0. The predicted octanol–water partition coefficient (Wildman–Crippen LogP) is 5.28. The molecule has 0 saturated heterocycles. The third-order valence-corrected chi connectivity index (χ3v) is 5.15. The van der Waals surface area contributed by atoms with Crippen LogP contribution in [0.15, 0.2) is 47.3 Å². The molecule has 3 N–H and O–H groups in total. The number of aromatic nitrogens is 2. The first-order valence-corrected chi connectivity index (χ1v) is 9.81. The van der Waals surface area contributed by atoms with Crippen molar-refractivity contribution in [3.05, 3.63) is 81.4 Å². The molecule has 0 atom stereocenters. The molecule has 0 aliphatic carbocycles. The van der Waals surface area contributed by atoms with E-state index in [2.05, 4.69) is 15.3 Å². The normalized spacial score (nSPS) is 11.6. The van der Waals surface area contributed by atoms with Crippen LogP contribution in [0.2, 0.25) is 0 Å². The van der Waals surface area contributed by atoms with Crippen LogP contribution in [0, 0.1) is 18.6 Å². The number of rotatable bonds is 4. The average Bonchev–Trinajstić information content (AvgIpc) is 3.11. The summed E-state index contributed by atoms with van der Waals surface area (Å²) in [5.74, 6) is -3.14. The Morgan fingerprint density at radius 3 is 2.35 bits per heavy atom. The molecule has 0 unspecified atom stereocenters. The molecule has 0 spiro atoms. The van der Waals surface area contributed by atoms with Crippen molar-refractivity contribution in [1.29, 1.82) is 0 Å². The SMILES string of the molecule is CNC(=O)c1cc2c(-c3cc(C(F)(F)F)ccc3Oc3ccc(F)cc3F)[nH]c(C)c2c(=O)[nH]1. The third kappa shape index (κ3) is 4.12. The molecule has 4 rings (SSSR count). The Labute approximate surface area is 188 Å². The Hall–Kier alpha value is -4.15. The Morgan fingerprint density at radius 2 is 1.71 bits per heavy atom. The summed E-state index contributed by atoms with van der Waals surface area (Å²) in [5.41, 5.74) is -1.54. The lowest BCUT2D eigenvalue weighted by molar-refractivity contribution is -0.137. The maximum absolute atomic E-state index is 14.2. The smallest absolute Gasteiger partial charge is 0.416 e. The van der Waals surface area contributed by atoms with E-state index in [9.17, 15) is 31.5 Å². The van der Waals surface area contributed by atoms with Gasteiger partial charge >= 0.3 is 6.18 Å². The second-order valence-corrected chi connectivity index (χ2v) is 7.39. The van der Waals surface area contributed by atoms with Crippen molar-refractivity contribution >= 4 is 16.7 Å². The standard InChI is InChI=1S/C23H16F5N3O3/c1-10-19-14(9-16(21(32)29-2)31-22(19)33)20(30-10)13-7-11(23(26,27)28)3-5-17(13)34-18-6-4-12(24)8-15(18)25/h3-9,30H,1-2H3,(H,29,32)(H,31,33). The minimum absolute atomic E-state index is 0.0485. The number of fused-ring (bicyclic) bond motifs is 1. The van der Waals surface area contributed by atoms with Crippen LogP contribution in [0.5, 0.6) is 11.5 Å². The van der Waals surface area contributed by atoms with Crippen molar-refractivity contribution in [3.63, 3.8) is 0 Å². The van der Waals surface area contributed by atoms with Crippen LogP contribution in [-0.2, 0) is 6.18 Å². The summed E-state index contributed by atoms with van der Waals surface area (Å²) in [6.45, 7) is 1.54. The van der Waals surface area contributed by atoms with Gasteiger partial charge in [0.25, 0.3) is 11.5 Å². The van der Waals surface area contributed by atoms with Gasteiger partial charge in [0.1, 0.15) is 17.3 Å². The molecular formula is C23H16F5N3O3. The van der Waals surface area contributed by atoms with E-state index < -0.39 is 40.6 Å². The summed E-state index contributed by atoms with van der Waals surface area (Å²) in [6, 6.07) is 6.35. The van der Waals surface area contributed by atoms with Gasteiger partial charge in [-0.05, 0) is 43.3 Å². The molecule has 2 heterocycles. The van der Waals surface area contributed by atoms with Gasteiger partial charge < -0.3 is 20.0 Å². The van der Waals surface area contributed by atoms with E-state index in [0.717, 1.165) is 30.3 Å². The van der Waals surface area contributed by atoms with Crippen LogP contribution in [-0.4, -0.2) is 22.9 Å². The Kier molecular flexibility index (Phi) is 5.64. The number of benzene rings is 2. The van der Waals surface area contributed by atoms with Crippen LogP contribution in [0.25, 0.3) is 22.0 Å². The molecule has 6 nitrogen and oxygen atoms in total. The predicted molar refractivity (Wildman–Crippen MR) is 114 cm³/mol. The van der Waals surface area contributed by atoms with Crippen LogP contribution in [0.4, 0.5) is 22.0 Å². The van der Waals surface area contributed by atoms with Gasteiger partial charge in [-0.3, -0.25) is 9.59 Å². The number of aryl methyl sites for hydroxylation is 1. The average molecular weight is 477 g/mol. The summed E-state index contributed by atoms with van der Waals surface area (Å²) < 4.78 is 73.4. The van der Waals surface area contributed by atoms with E-state index in [1.54, 1.807) is 0 Å². The minimum atomic E-state index is -4.71. The van der Waals surface area contributed by atoms with Crippen LogP contribution in [0.1, 0.15) is 21.7 Å². The molecule has 1 amide bonds. The van der Waals surface area contributed by atoms with E-state index in [1.807, 2.05) is 0 Å². The number of H-pyrrole nitrogens is 2. The number of nitrogens with one attached hydrogen (secondary N) is 3. The Bertz CT molecular complexity index is 1490. The van der Waals surface area contributed by atoms with E-state index in [0.29, 0.717) is 11.8 Å². The van der Waals surface area contributed by atoms with E-state index in [4.69, 9.17) is 4.74 Å². The number of carbonyl (C=O) groups is 1. The van der Waals surface area contributed by atoms with E-state index >= 15 is 0 Å². The zero-order chi connectivity index (χ0) is 24.8. The number of hydrogen-bond acceptors (Lipinski definition) is 3. The summed E-state index contributed by atoms with van der Waals surface area (Å²) in [4.78, 5) is 30.0. The fraction of sp³-hybridized carbons (Fsp3) is 0.130. The quantitative estimate of drug-likeness (QED) is 0.350. The zero-order valence-electron chi connectivity index (χ0n) is 17.7. The fourth-order valence-corrected chi connectivity index (χ4v) is 3.58. The van der Waals surface area contributed by atoms with Crippen molar-refractivity contribution in [2.75, 3.05) is 7.05 Å². The van der Waals surface area contributed by atoms with Crippen LogP contribution < -0.4 is 15.6 Å². The summed E-state index contributed by atoms with van der Waals surface area (Å²) >= 11 is 0. The molecule has 0 fully saturated rings. The number of carbonyl (C=O) groups excluding carboxylic acids is 1.